The zero-order chi connectivity index (χ0) is 14.4. The number of aryl methyl sites for hydroxylation is 1. The highest BCUT2D eigenvalue weighted by Gasteiger charge is 2.11. The number of benzene rings is 3. The van der Waals surface area contributed by atoms with Gasteiger partial charge in [0.1, 0.15) is 0 Å². The molecular weight excluding hydrogens is 340 g/mol. The predicted octanol–water partition coefficient (Wildman–Crippen LogP) is 6.79. The van der Waals surface area contributed by atoms with Crippen LogP contribution in [0.25, 0.3) is 31.3 Å². The fourth-order valence-corrected chi connectivity index (χ4v) is 4.43. The van der Waals surface area contributed by atoms with E-state index in [-0.39, 0.29) is 0 Å². The number of halogens is 1. The molecule has 0 aliphatic rings. The molecule has 0 radical (unpaired) electrons. The van der Waals surface area contributed by atoms with Gasteiger partial charge in [0.2, 0.25) is 0 Å². The smallest absolute Gasteiger partial charge is 0.0433 e. The molecule has 0 spiro atoms. The Bertz CT molecular complexity index is 966. The maximum atomic E-state index is 3.58. The van der Waals surface area contributed by atoms with Crippen LogP contribution in [-0.2, 0) is 0 Å². The van der Waals surface area contributed by atoms with E-state index in [1.165, 1.54) is 36.9 Å². The van der Waals surface area contributed by atoms with E-state index in [4.69, 9.17) is 0 Å². The molecule has 1 aromatic heterocycles. The lowest BCUT2D eigenvalue weighted by molar-refractivity contribution is 1.47. The van der Waals surface area contributed by atoms with Crippen LogP contribution in [0.2, 0.25) is 0 Å². The summed E-state index contributed by atoms with van der Waals surface area (Å²) < 4.78 is 3.85. The first-order valence-corrected chi connectivity index (χ1v) is 8.52. The van der Waals surface area contributed by atoms with Crippen LogP contribution in [0.1, 0.15) is 5.56 Å². The van der Waals surface area contributed by atoms with Gasteiger partial charge in [0.15, 0.2) is 0 Å². The average Bonchev–Trinajstić information content (AvgIpc) is 2.86. The minimum absolute atomic E-state index is 1.14. The Balaban J connectivity index is 2.12. The molecule has 21 heavy (non-hydrogen) atoms. The second kappa shape index (κ2) is 4.97. The highest BCUT2D eigenvalue weighted by atomic mass is 79.9. The van der Waals surface area contributed by atoms with Crippen molar-refractivity contribution in [2.24, 2.45) is 0 Å². The van der Waals surface area contributed by atoms with Crippen LogP contribution in [0.4, 0.5) is 0 Å². The highest BCUT2D eigenvalue weighted by molar-refractivity contribution is 9.10. The zero-order valence-corrected chi connectivity index (χ0v) is 14.0. The Morgan fingerprint density at radius 1 is 0.810 bits per heavy atom. The van der Waals surface area contributed by atoms with E-state index in [9.17, 15) is 0 Å². The lowest BCUT2D eigenvalue weighted by Crippen LogP contribution is -1.82. The largest absolute Gasteiger partial charge is 0.135 e. The van der Waals surface area contributed by atoms with E-state index in [1.54, 1.807) is 0 Å². The Kier molecular flexibility index (Phi) is 3.09. The van der Waals surface area contributed by atoms with Gasteiger partial charge < -0.3 is 0 Å². The minimum Gasteiger partial charge on any atom is -0.135 e. The van der Waals surface area contributed by atoms with Crippen molar-refractivity contribution in [3.63, 3.8) is 0 Å². The first-order valence-electron chi connectivity index (χ1n) is 6.91. The molecule has 0 saturated heterocycles. The van der Waals surface area contributed by atoms with Gasteiger partial charge in [-0.25, -0.2) is 0 Å². The molecule has 0 fully saturated rings. The summed E-state index contributed by atoms with van der Waals surface area (Å²) in [6, 6.07) is 21.8. The van der Waals surface area contributed by atoms with Crippen LogP contribution in [0.15, 0.2) is 65.1 Å². The van der Waals surface area contributed by atoms with Gasteiger partial charge >= 0.3 is 0 Å². The molecule has 0 N–H and O–H groups in total. The summed E-state index contributed by atoms with van der Waals surface area (Å²) in [5.41, 5.74) is 3.99. The zero-order valence-electron chi connectivity index (χ0n) is 11.6. The van der Waals surface area contributed by atoms with Crippen LogP contribution in [0.3, 0.4) is 0 Å². The number of hydrogen-bond acceptors (Lipinski definition) is 1. The summed E-state index contributed by atoms with van der Waals surface area (Å²) in [7, 11) is 0. The number of fused-ring (bicyclic) bond motifs is 3. The summed E-state index contributed by atoms with van der Waals surface area (Å²) >= 11 is 5.46. The topological polar surface area (TPSA) is 0 Å². The summed E-state index contributed by atoms with van der Waals surface area (Å²) in [6.45, 7) is 2.18. The molecule has 0 aliphatic heterocycles. The Hall–Kier alpha value is -1.64. The van der Waals surface area contributed by atoms with Crippen LogP contribution in [0.5, 0.6) is 0 Å². The Morgan fingerprint density at radius 3 is 2.48 bits per heavy atom. The third-order valence-electron chi connectivity index (χ3n) is 3.89. The first kappa shape index (κ1) is 13.1. The standard InChI is InChI=1S/C19H13BrS/c1-12-5-2-3-6-14(12)15-7-4-8-16-17-11-13(20)9-10-18(17)21-19(15)16/h2-11H,1H3. The van der Waals surface area contributed by atoms with Crippen LogP contribution >= 0.6 is 27.3 Å². The van der Waals surface area contributed by atoms with E-state index in [0.717, 1.165) is 4.47 Å². The summed E-state index contributed by atoms with van der Waals surface area (Å²) in [5, 5.41) is 2.68. The third-order valence-corrected chi connectivity index (χ3v) is 5.61. The average molecular weight is 353 g/mol. The quantitative estimate of drug-likeness (QED) is 0.353. The number of thiophene rings is 1. The molecule has 0 atom stereocenters. The lowest BCUT2D eigenvalue weighted by Gasteiger charge is -2.06. The van der Waals surface area contributed by atoms with Gasteiger partial charge in [-0.05, 0) is 41.8 Å². The Morgan fingerprint density at radius 2 is 1.62 bits per heavy atom. The van der Waals surface area contributed by atoms with E-state index < -0.39 is 0 Å². The normalized spacial score (nSPS) is 11.3. The van der Waals surface area contributed by atoms with Crippen molar-refractivity contribution in [1.82, 2.24) is 0 Å². The second-order valence-corrected chi connectivity index (χ2v) is 7.21. The van der Waals surface area contributed by atoms with Crippen molar-refractivity contribution < 1.29 is 0 Å². The molecule has 102 valence electrons. The SMILES string of the molecule is Cc1ccccc1-c1cccc2c1sc1ccc(Br)cc12. The Labute approximate surface area is 136 Å². The van der Waals surface area contributed by atoms with Gasteiger partial charge in [-0.15, -0.1) is 11.3 Å². The fraction of sp³-hybridized carbons (Fsp3) is 0.0526. The third kappa shape index (κ3) is 2.10. The van der Waals surface area contributed by atoms with E-state index in [0.29, 0.717) is 0 Å². The molecule has 0 bridgehead atoms. The van der Waals surface area contributed by atoms with Gasteiger partial charge in [0, 0.05) is 24.6 Å². The van der Waals surface area contributed by atoms with Gasteiger partial charge in [-0.1, -0.05) is 58.4 Å². The predicted molar refractivity (Wildman–Crippen MR) is 97.2 cm³/mol. The molecule has 2 heteroatoms. The summed E-state index contributed by atoms with van der Waals surface area (Å²) in [6.07, 6.45) is 0. The molecule has 0 amide bonds. The fourth-order valence-electron chi connectivity index (χ4n) is 2.86. The highest BCUT2D eigenvalue weighted by Crippen LogP contribution is 2.41. The molecule has 0 saturated carbocycles. The lowest BCUT2D eigenvalue weighted by atomic mass is 9.99. The summed E-state index contributed by atoms with van der Waals surface area (Å²) in [4.78, 5) is 0. The summed E-state index contributed by atoms with van der Waals surface area (Å²) in [5.74, 6) is 0. The maximum Gasteiger partial charge on any atom is 0.0433 e. The van der Waals surface area contributed by atoms with Gasteiger partial charge in [-0.2, -0.15) is 0 Å². The molecule has 0 aliphatic carbocycles. The van der Waals surface area contributed by atoms with Crippen molar-refractivity contribution in [3.05, 3.63) is 70.7 Å². The molecule has 4 rings (SSSR count). The van der Waals surface area contributed by atoms with Crippen LogP contribution in [-0.4, -0.2) is 0 Å². The van der Waals surface area contributed by atoms with Crippen LogP contribution < -0.4 is 0 Å². The van der Waals surface area contributed by atoms with Crippen molar-refractivity contribution in [2.45, 2.75) is 6.92 Å². The maximum absolute atomic E-state index is 3.58. The molecule has 1 heterocycles. The second-order valence-electron chi connectivity index (χ2n) is 5.24. The molecule has 3 aromatic carbocycles. The number of rotatable bonds is 1. The van der Waals surface area contributed by atoms with Crippen LogP contribution in [0, 0.1) is 6.92 Å². The van der Waals surface area contributed by atoms with Gasteiger partial charge in [-0.3, -0.25) is 0 Å². The molecule has 0 nitrogen and oxygen atoms in total. The van der Waals surface area contributed by atoms with Gasteiger partial charge in [0.25, 0.3) is 0 Å². The minimum atomic E-state index is 1.14. The van der Waals surface area contributed by atoms with Crippen molar-refractivity contribution in [2.75, 3.05) is 0 Å². The molecule has 0 unspecified atom stereocenters. The molecule has 4 aromatic rings. The first-order chi connectivity index (χ1) is 10.2. The van der Waals surface area contributed by atoms with E-state index in [1.807, 2.05) is 11.3 Å². The molecular formula is C19H13BrS. The van der Waals surface area contributed by atoms with Crippen molar-refractivity contribution in [3.8, 4) is 11.1 Å². The van der Waals surface area contributed by atoms with Gasteiger partial charge in [0.05, 0.1) is 0 Å². The van der Waals surface area contributed by atoms with E-state index in [2.05, 4.69) is 83.5 Å². The van der Waals surface area contributed by atoms with E-state index >= 15 is 0 Å². The van der Waals surface area contributed by atoms with Crippen molar-refractivity contribution in [1.29, 1.82) is 0 Å². The monoisotopic (exact) mass is 352 g/mol. The number of hydrogen-bond donors (Lipinski definition) is 0. The van der Waals surface area contributed by atoms with Crippen molar-refractivity contribution >= 4 is 47.4 Å².